The molecule has 0 aromatic rings. The summed E-state index contributed by atoms with van der Waals surface area (Å²) < 4.78 is 0. The van der Waals surface area contributed by atoms with Crippen molar-refractivity contribution in [2.75, 3.05) is 6.61 Å². The smallest absolute Gasteiger partial charge is 0.148 e. The second-order valence-electron chi connectivity index (χ2n) is 3.43. The quantitative estimate of drug-likeness (QED) is 0.342. The van der Waals surface area contributed by atoms with E-state index in [1.54, 1.807) is 0 Å². The zero-order valence-corrected chi connectivity index (χ0v) is 7.15. The van der Waals surface area contributed by atoms with Gasteiger partial charge in [0.05, 0.1) is 0 Å². The summed E-state index contributed by atoms with van der Waals surface area (Å²) >= 11 is 0. The number of Topliss-reactive ketones (excluding diaryl/α,β-unsaturated/α-hetero) is 1. The molecule has 2 aliphatic rings. The fraction of sp³-hybridized carbons (Fsp3) is 0.750. The molecular weight excluding hydrogens is 174 g/mol. The summed E-state index contributed by atoms with van der Waals surface area (Å²) in [6.45, 7) is 0.199. The van der Waals surface area contributed by atoms with E-state index in [1.807, 2.05) is 0 Å². The van der Waals surface area contributed by atoms with Crippen LogP contribution in [0.3, 0.4) is 0 Å². The Hall–Kier alpha value is -0.940. The van der Waals surface area contributed by atoms with E-state index in [4.69, 9.17) is 15.0 Å². The standard InChI is InChI=1S/C8H11NO4/c10-6-1-3-8(4-2-6)7(9-11)5-12-13-8/h11H,1-5H2. The van der Waals surface area contributed by atoms with Crippen molar-refractivity contribution in [3.63, 3.8) is 0 Å². The van der Waals surface area contributed by atoms with Crippen LogP contribution in [0.1, 0.15) is 25.7 Å². The van der Waals surface area contributed by atoms with Crippen molar-refractivity contribution in [1.82, 2.24) is 0 Å². The molecule has 72 valence electrons. The molecule has 0 aromatic heterocycles. The number of carbonyl (C=O) groups is 1. The highest BCUT2D eigenvalue weighted by Crippen LogP contribution is 2.35. The Kier molecular flexibility index (Phi) is 2.05. The van der Waals surface area contributed by atoms with Gasteiger partial charge in [0, 0.05) is 12.8 Å². The van der Waals surface area contributed by atoms with E-state index in [0.717, 1.165) is 0 Å². The highest BCUT2D eigenvalue weighted by molar-refractivity contribution is 5.96. The summed E-state index contributed by atoms with van der Waals surface area (Å²) in [4.78, 5) is 20.9. The molecule has 2 fully saturated rings. The largest absolute Gasteiger partial charge is 0.411 e. The third kappa shape index (κ3) is 1.34. The maximum Gasteiger partial charge on any atom is 0.148 e. The number of carbonyl (C=O) groups excluding carboxylic acids is 1. The molecule has 2 rings (SSSR count). The van der Waals surface area contributed by atoms with Crippen molar-refractivity contribution in [2.45, 2.75) is 31.3 Å². The van der Waals surface area contributed by atoms with Gasteiger partial charge in [0.1, 0.15) is 23.7 Å². The van der Waals surface area contributed by atoms with Crippen LogP contribution in [0.4, 0.5) is 0 Å². The van der Waals surface area contributed by atoms with Crippen molar-refractivity contribution >= 4 is 11.5 Å². The molecule has 1 heterocycles. The second-order valence-corrected chi connectivity index (χ2v) is 3.43. The molecule has 13 heavy (non-hydrogen) atoms. The lowest BCUT2D eigenvalue weighted by molar-refractivity contribution is -0.310. The van der Waals surface area contributed by atoms with Gasteiger partial charge in [-0.3, -0.25) is 4.79 Å². The highest BCUT2D eigenvalue weighted by atomic mass is 17.2. The lowest BCUT2D eigenvalue weighted by atomic mass is 9.81. The predicted octanol–water partition coefficient (Wildman–Crippen LogP) is 0.660. The molecule has 1 saturated carbocycles. The molecule has 0 atom stereocenters. The lowest BCUT2D eigenvalue weighted by Gasteiger charge is -2.28. The minimum absolute atomic E-state index is 0.199. The molecule has 0 amide bonds. The number of oxime groups is 1. The molecule has 1 N–H and O–H groups in total. The predicted molar refractivity (Wildman–Crippen MR) is 42.5 cm³/mol. The number of hydrogen-bond donors (Lipinski definition) is 1. The van der Waals surface area contributed by atoms with Crippen molar-refractivity contribution in [1.29, 1.82) is 0 Å². The fourth-order valence-corrected chi connectivity index (χ4v) is 1.80. The Morgan fingerprint density at radius 2 is 2.08 bits per heavy atom. The molecule has 1 aliphatic heterocycles. The van der Waals surface area contributed by atoms with E-state index < -0.39 is 5.60 Å². The van der Waals surface area contributed by atoms with Crippen LogP contribution in [-0.2, 0) is 14.6 Å². The first kappa shape index (κ1) is 8.65. The highest BCUT2D eigenvalue weighted by Gasteiger charge is 2.46. The topological polar surface area (TPSA) is 68.1 Å². The zero-order chi connectivity index (χ0) is 9.31. The number of rotatable bonds is 0. The molecular formula is C8H11NO4. The average Bonchev–Trinajstić information content (AvgIpc) is 2.54. The monoisotopic (exact) mass is 185 g/mol. The zero-order valence-electron chi connectivity index (χ0n) is 7.15. The van der Waals surface area contributed by atoms with E-state index >= 15 is 0 Å². The van der Waals surface area contributed by atoms with Crippen molar-refractivity contribution in [3.05, 3.63) is 0 Å². The lowest BCUT2D eigenvalue weighted by Crippen LogP contribution is -2.40. The summed E-state index contributed by atoms with van der Waals surface area (Å²) in [5.41, 5.74) is -0.122. The molecule has 1 saturated heterocycles. The van der Waals surface area contributed by atoms with E-state index in [2.05, 4.69) is 5.16 Å². The molecule has 0 radical (unpaired) electrons. The Morgan fingerprint density at radius 3 is 2.69 bits per heavy atom. The van der Waals surface area contributed by atoms with Crippen molar-refractivity contribution in [3.8, 4) is 0 Å². The number of hydrogen-bond acceptors (Lipinski definition) is 5. The van der Waals surface area contributed by atoms with Gasteiger partial charge in [-0.15, -0.1) is 0 Å². The summed E-state index contributed by atoms with van der Waals surface area (Å²) in [5, 5.41) is 11.8. The van der Waals surface area contributed by atoms with Gasteiger partial charge in [0.25, 0.3) is 0 Å². The Bertz CT molecular complexity index is 251. The van der Waals surface area contributed by atoms with Crippen LogP contribution in [0.5, 0.6) is 0 Å². The van der Waals surface area contributed by atoms with Gasteiger partial charge >= 0.3 is 0 Å². The van der Waals surface area contributed by atoms with E-state index in [1.165, 1.54) is 0 Å². The van der Waals surface area contributed by atoms with Crippen LogP contribution in [0, 0.1) is 0 Å². The molecule has 0 unspecified atom stereocenters. The van der Waals surface area contributed by atoms with Crippen LogP contribution < -0.4 is 0 Å². The van der Waals surface area contributed by atoms with E-state index in [-0.39, 0.29) is 12.4 Å². The van der Waals surface area contributed by atoms with Gasteiger partial charge in [-0.25, -0.2) is 9.78 Å². The first-order chi connectivity index (χ1) is 6.27. The maximum atomic E-state index is 11.0. The van der Waals surface area contributed by atoms with Crippen LogP contribution in [0.2, 0.25) is 0 Å². The molecule has 1 spiro atoms. The minimum atomic E-state index is -0.622. The van der Waals surface area contributed by atoms with Crippen LogP contribution in [-0.4, -0.2) is 28.9 Å². The van der Waals surface area contributed by atoms with Crippen LogP contribution >= 0.6 is 0 Å². The molecule has 1 aliphatic carbocycles. The average molecular weight is 185 g/mol. The second kappa shape index (κ2) is 3.08. The Balaban J connectivity index is 2.16. The number of ketones is 1. The summed E-state index contributed by atoms with van der Waals surface area (Å²) in [6.07, 6.45) is 2.07. The van der Waals surface area contributed by atoms with Gasteiger partial charge in [0.15, 0.2) is 0 Å². The third-order valence-electron chi connectivity index (χ3n) is 2.68. The Morgan fingerprint density at radius 1 is 1.38 bits per heavy atom. The van der Waals surface area contributed by atoms with Crippen molar-refractivity contribution < 1.29 is 19.8 Å². The van der Waals surface area contributed by atoms with Gasteiger partial charge in [0.2, 0.25) is 0 Å². The molecule has 5 heteroatoms. The van der Waals surface area contributed by atoms with Crippen LogP contribution in [0.25, 0.3) is 0 Å². The summed E-state index contributed by atoms with van der Waals surface area (Å²) in [5.74, 6) is 0.235. The Labute approximate surface area is 75.2 Å². The first-order valence-corrected chi connectivity index (χ1v) is 4.30. The summed E-state index contributed by atoms with van der Waals surface area (Å²) in [6, 6.07) is 0. The molecule has 5 nitrogen and oxygen atoms in total. The minimum Gasteiger partial charge on any atom is -0.411 e. The van der Waals surface area contributed by atoms with E-state index in [9.17, 15) is 4.79 Å². The number of nitrogens with zero attached hydrogens (tertiary/aromatic N) is 1. The fourth-order valence-electron chi connectivity index (χ4n) is 1.80. The van der Waals surface area contributed by atoms with Crippen molar-refractivity contribution in [2.24, 2.45) is 5.16 Å². The third-order valence-corrected chi connectivity index (χ3v) is 2.68. The van der Waals surface area contributed by atoms with E-state index in [0.29, 0.717) is 31.4 Å². The maximum absolute atomic E-state index is 11.0. The molecule has 0 bridgehead atoms. The SMILES string of the molecule is O=C1CCC2(CC1)OOCC2=NO. The van der Waals surface area contributed by atoms with Gasteiger partial charge in [-0.1, -0.05) is 5.16 Å². The van der Waals surface area contributed by atoms with Gasteiger partial charge in [-0.05, 0) is 12.8 Å². The van der Waals surface area contributed by atoms with Gasteiger partial charge in [-0.2, -0.15) is 0 Å². The normalized spacial score (nSPS) is 30.2. The molecule has 0 aromatic carbocycles. The first-order valence-electron chi connectivity index (χ1n) is 4.30. The summed E-state index contributed by atoms with van der Waals surface area (Å²) in [7, 11) is 0. The van der Waals surface area contributed by atoms with Gasteiger partial charge < -0.3 is 5.21 Å². The van der Waals surface area contributed by atoms with Crippen LogP contribution in [0.15, 0.2) is 5.16 Å².